The zero-order valence-corrected chi connectivity index (χ0v) is 19.0. The van der Waals surface area contributed by atoms with Crippen LogP contribution in [0.1, 0.15) is 29.8 Å². The van der Waals surface area contributed by atoms with Crippen molar-refractivity contribution >= 4 is 37.5 Å². The highest BCUT2D eigenvalue weighted by Crippen LogP contribution is 2.30. The van der Waals surface area contributed by atoms with Crippen LogP contribution >= 0.6 is 0 Å². The lowest BCUT2D eigenvalue weighted by molar-refractivity contribution is -0.116. The van der Waals surface area contributed by atoms with E-state index in [1.807, 2.05) is 0 Å². The molecule has 1 heterocycles. The lowest BCUT2D eigenvalue weighted by atomic mass is 10.2. The summed E-state index contributed by atoms with van der Waals surface area (Å²) in [6.45, 7) is 5.00. The Bertz CT molecular complexity index is 1250. The van der Waals surface area contributed by atoms with Crippen LogP contribution in [0.5, 0.6) is 0 Å². The summed E-state index contributed by atoms with van der Waals surface area (Å²) >= 11 is 0. The predicted molar refractivity (Wildman–Crippen MR) is 115 cm³/mol. The molecular formula is C20H23N3O6S2. The van der Waals surface area contributed by atoms with Crippen LogP contribution < -0.4 is 5.32 Å². The fourth-order valence-corrected chi connectivity index (χ4v) is 6.33. The number of benzene rings is 2. The summed E-state index contributed by atoms with van der Waals surface area (Å²) in [6, 6.07) is 10.1. The first kappa shape index (κ1) is 22.9. The summed E-state index contributed by atoms with van der Waals surface area (Å²) in [6.07, 6.45) is 0. The van der Waals surface area contributed by atoms with E-state index in [1.165, 1.54) is 34.6 Å². The van der Waals surface area contributed by atoms with Crippen molar-refractivity contribution in [3.05, 3.63) is 53.6 Å². The van der Waals surface area contributed by atoms with Gasteiger partial charge in [-0.1, -0.05) is 32.0 Å². The van der Waals surface area contributed by atoms with Crippen molar-refractivity contribution in [2.45, 2.75) is 30.6 Å². The molecule has 0 fully saturated rings. The molecular weight excluding hydrogens is 442 g/mol. The first-order chi connectivity index (χ1) is 14.5. The number of aryl methyl sites for hydroxylation is 1. The van der Waals surface area contributed by atoms with E-state index in [9.17, 15) is 26.4 Å². The molecule has 0 radical (unpaired) electrons. The van der Waals surface area contributed by atoms with Gasteiger partial charge in [0.25, 0.3) is 15.9 Å². The summed E-state index contributed by atoms with van der Waals surface area (Å²) < 4.78 is 52.5. The molecule has 0 saturated heterocycles. The molecule has 11 heteroatoms. The van der Waals surface area contributed by atoms with Gasteiger partial charge in [-0.05, 0) is 36.8 Å². The third-order valence-corrected chi connectivity index (χ3v) is 8.86. The van der Waals surface area contributed by atoms with E-state index in [1.54, 1.807) is 32.9 Å². The molecule has 2 amide bonds. The number of sulfonamides is 2. The van der Waals surface area contributed by atoms with E-state index in [-0.39, 0.29) is 21.0 Å². The third-order valence-electron chi connectivity index (χ3n) is 5.03. The smallest absolute Gasteiger partial charge is 0.269 e. The minimum atomic E-state index is -4.12. The number of hydrogen-bond donors (Lipinski definition) is 1. The van der Waals surface area contributed by atoms with Crippen molar-refractivity contribution in [1.29, 1.82) is 0 Å². The van der Waals surface area contributed by atoms with Gasteiger partial charge in [0.2, 0.25) is 15.9 Å². The van der Waals surface area contributed by atoms with Gasteiger partial charge in [-0.15, -0.1) is 0 Å². The van der Waals surface area contributed by atoms with Crippen LogP contribution in [-0.4, -0.2) is 56.9 Å². The van der Waals surface area contributed by atoms with Crippen molar-refractivity contribution in [3.8, 4) is 0 Å². The van der Waals surface area contributed by atoms with E-state index in [0.29, 0.717) is 23.0 Å². The lowest BCUT2D eigenvalue weighted by Gasteiger charge is -2.20. The van der Waals surface area contributed by atoms with E-state index < -0.39 is 38.4 Å². The van der Waals surface area contributed by atoms with Crippen molar-refractivity contribution in [2.24, 2.45) is 0 Å². The lowest BCUT2D eigenvalue weighted by Crippen LogP contribution is -2.37. The van der Waals surface area contributed by atoms with Crippen LogP contribution in [0.15, 0.2) is 52.3 Å². The summed E-state index contributed by atoms with van der Waals surface area (Å²) in [4.78, 5) is 24.9. The van der Waals surface area contributed by atoms with E-state index in [2.05, 4.69) is 5.32 Å². The minimum absolute atomic E-state index is 0.00868. The van der Waals surface area contributed by atoms with Gasteiger partial charge >= 0.3 is 0 Å². The Morgan fingerprint density at radius 3 is 2.35 bits per heavy atom. The average molecular weight is 466 g/mol. The van der Waals surface area contributed by atoms with Gasteiger partial charge in [-0.2, -0.15) is 4.31 Å². The molecule has 1 aliphatic heterocycles. The number of nitrogens with one attached hydrogen (secondary N) is 1. The number of anilines is 1. The molecule has 166 valence electrons. The topological polar surface area (TPSA) is 121 Å². The monoisotopic (exact) mass is 465 g/mol. The second kappa shape index (κ2) is 8.40. The molecule has 0 saturated carbocycles. The zero-order chi connectivity index (χ0) is 23.0. The molecule has 1 N–H and O–H groups in total. The van der Waals surface area contributed by atoms with Crippen LogP contribution in [0.3, 0.4) is 0 Å². The zero-order valence-electron chi connectivity index (χ0n) is 17.3. The Balaban J connectivity index is 1.84. The number of hydrogen-bond acceptors (Lipinski definition) is 6. The molecule has 31 heavy (non-hydrogen) atoms. The molecule has 0 spiro atoms. The van der Waals surface area contributed by atoms with E-state index in [0.717, 1.165) is 0 Å². The third kappa shape index (κ3) is 4.08. The molecule has 0 aliphatic carbocycles. The van der Waals surface area contributed by atoms with Crippen molar-refractivity contribution in [2.75, 3.05) is 25.0 Å². The maximum Gasteiger partial charge on any atom is 0.269 e. The second-order valence-corrected chi connectivity index (χ2v) is 10.7. The highest BCUT2D eigenvalue weighted by molar-refractivity contribution is 7.90. The number of rotatable bonds is 7. The van der Waals surface area contributed by atoms with Gasteiger partial charge in [0.15, 0.2) is 0 Å². The fraction of sp³-hybridized carbons (Fsp3) is 0.300. The van der Waals surface area contributed by atoms with Gasteiger partial charge in [-0.3, -0.25) is 9.59 Å². The number of amides is 2. The highest BCUT2D eigenvalue weighted by atomic mass is 32.2. The minimum Gasteiger partial charge on any atom is -0.324 e. The first-order valence-electron chi connectivity index (χ1n) is 9.60. The number of carbonyl (C=O) groups is 2. The first-order valence-corrected chi connectivity index (χ1v) is 12.5. The number of fused-ring (bicyclic) bond motifs is 1. The summed E-state index contributed by atoms with van der Waals surface area (Å²) in [5.41, 5.74) is 0.823. The Kier molecular flexibility index (Phi) is 6.21. The van der Waals surface area contributed by atoms with Crippen molar-refractivity contribution < 1.29 is 26.4 Å². The van der Waals surface area contributed by atoms with Gasteiger partial charge in [0.05, 0.1) is 10.5 Å². The summed E-state index contributed by atoms with van der Waals surface area (Å²) in [5, 5.41) is 2.53. The normalized spacial score (nSPS) is 15.2. The van der Waals surface area contributed by atoms with Gasteiger partial charge in [-0.25, -0.2) is 21.1 Å². The average Bonchev–Trinajstić information content (AvgIpc) is 2.91. The Morgan fingerprint density at radius 2 is 1.74 bits per heavy atom. The van der Waals surface area contributed by atoms with Gasteiger partial charge in [0, 0.05) is 18.8 Å². The maximum absolute atomic E-state index is 12.8. The molecule has 0 aromatic heterocycles. The Labute approximate surface area is 181 Å². The summed E-state index contributed by atoms with van der Waals surface area (Å²) in [5.74, 6) is -1.54. The number of nitrogens with zero attached hydrogens (tertiary/aromatic N) is 2. The predicted octanol–water partition coefficient (Wildman–Crippen LogP) is 1.81. The molecule has 2 aromatic carbocycles. The van der Waals surface area contributed by atoms with E-state index in [4.69, 9.17) is 0 Å². The molecule has 0 atom stereocenters. The van der Waals surface area contributed by atoms with Crippen LogP contribution in [0, 0.1) is 6.92 Å². The molecule has 0 unspecified atom stereocenters. The SMILES string of the molecule is CCN(CC)S(=O)(=O)c1ccc(C)c(NC(=O)CN2C(=O)c3ccccc3S2(=O)=O)c1. The number of carbonyl (C=O) groups excluding carboxylic acids is 2. The van der Waals surface area contributed by atoms with Crippen LogP contribution in [0.25, 0.3) is 0 Å². The van der Waals surface area contributed by atoms with Crippen LogP contribution in [0.2, 0.25) is 0 Å². The Hall–Kier alpha value is -2.76. The highest BCUT2D eigenvalue weighted by Gasteiger charge is 2.41. The molecule has 2 aromatic rings. The molecule has 0 bridgehead atoms. The molecule has 1 aliphatic rings. The van der Waals surface area contributed by atoms with Crippen LogP contribution in [0.4, 0.5) is 5.69 Å². The summed E-state index contributed by atoms with van der Waals surface area (Å²) in [7, 11) is -7.86. The molecule has 9 nitrogen and oxygen atoms in total. The molecule has 3 rings (SSSR count). The maximum atomic E-state index is 12.8. The standard InChI is InChI=1S/C20H23N3O6S2/c1-4-22(5-2)30(26,27)15-11-10-14(3)17(12-15)21-19(24)13-23-20(25)16-8-6-7-9-18(16)31(23,28)29/h6-12H,4-5,13H2,1-3H3,(H,21,24). The quantitative estimate of drug-likeness (QED) is 0.666. The van der Waals surface area contributed by atoms with E-state index >= 15 is 0 Å². The fourth-order valence-electron chi connectivity index (χ4n) is 3.32. The van der Waals surface area contributed by atoms with Crippen LogP contribution in [-0.2, 0) is 24.8 Å². The van der Waals surface area contributed by atoms with Crippen molar-refractivity contribution in [3.63, 3.8) is 0 Å². The Morgan fingerprint density at radius 1 is 1.10 bits per heavy atom. The van der Waals surface area contributed by atoms with Crippen molar-refractivity contribution in [1.82, 2.24) is 8.61 Å². The van der Waals surface area contributed by atoms with Gasteiger partial charge < -0.3 is 5.32 Å². The largest absolute Gasteiger partial charge is 0.324 e. The second-order valence-electron chi connectivity index (χ2n) is 6.93. The van der Waals surface area contributed by atoms with Gasteiger partial charge in [0.1, 0.15) is 11.4 Å².